The number of aryl methyl sites for hydroxylation is 2. The Morgan fingerprint density at radius 3 is 2.06 bits per heavy atom. The zero-order chi connectivity index (χ0) is 22.4. The van der Waals surface area contributed by atoms with Gasteiger partial charge in [0.25, 0.3) is 5.91 Å². The number of rotatable bonds is 6. The summed E-state index contributed by atoms with van der Waals surface area (Å²) in [5, 5.41) is 2.76. The first-order valence-electron chi connectivity index (χ1n) is 9.75. The van der Waals surface area contributed by atoms with E-state index in [-0.39, 0.29) is 12.6 Å². The molecule has 0 saturated carbocycles. The molecule has 6 nitrogen and oxygen atoms in total. The Kier molecular flexibility index (Phi) is 6.82. The van der Waals surface area contributed by atoms with Gasteiger partial charge in [-0.3, -0.25) is 9.59 Å². The van der Waals surface area contributed by atoms with Crippen molar-refractivity contribution >= 4 is 23.5 Å². The van der Waals surface area contributed by atoms with Gasteiger partial charge in [-0.25, -0.2) is 4.79 Å². The van der Waals surface area contributed by atoms with Crippen molar-refractivity contribution in [1.82, 2.24) is 0 Å². The minimum absolute atomic E-state index is 0.347. The van der Waals surface area contributed by atoms with Crippen molar-refractivity contribution in [2.45, 2.75) is 20.8 Å². The largest absolute Gasteiger partial charge is 0.452 e. The molecule has 0 spiro atoms. The number of hydrogen-bond acceptors (Lipinski definition) is 5. The molecule has 1 amide bonds. The molecule has 0 atom stereocenters. The van der Waals surface area contributed by atoms with Crippen molar-refractivity contribution in [1.29, 1.82) is 0 Å². The normalized spacial score (nSPS) is 10.3. The van der Waals surface area contributed by atoms with E-state index in [4.69, 9.17) is 9.47 Å². The summed E-state index contributed by atoms with van der Waals surface area (Å²) in [7, 11) is 0. The maximum atomic E-state index is 12.3. The fourth-order valence-electron chi connectivity index (χ4n) is 2.95. The van der Waals surface area contributed by atoms with Crippen LogP contribution in [0, 0.1) is 13.8 Å². The van der Waals surface area contributed by atoms with Crippen LogP contribution in [0.1, 0.15) is 28.4 Å². The standard InChI is InChI=1S/C25H23NO5/c1-16-4-5-17(2)23(14-16)26-24(28)15-30-25(29)21-8-6-19(7-9-21)20-10-12-22(13-11-20)31-18(3)27/h4-14H,15H2,1-3H3,(H,26,28). The Labute approximate surface area is 180 Å². The molecule has 0 radical (unpaired) electrons. The monoisotopic (exact) mass is 417 g/mol. The number of amides is 1. The molecule has 3 aromatic rings. The summed E-state index contributed by atoms with van der Waals surface area (Å²) in [6.07, 6.45) is 0. The fourth-order valence-corrected chi connectivity index (χ4v) is 2.95. The lowest BCUT2D eigenvalue weighted by Crippen LogP contribution is -2.21. The molecule has 0 aliphatic carbocycles. The van der Waals surface area contributed by atoms with Crippen LogP contribution >= 0.6 is 0 Å². The number of carbonyl (C=O) groups excluding carboxylic acids is 3. The topological polar surface area (TPSA) is 81.7 Å². The lowest BCUT2D eigenvalue weighted by molar-refractivity contribution is -0.131. The van der Waals surface area contributed by atoms with Crippen molar-refractivity contribution in [2.75, 3.05) is 11.9 Å². The highest BCUT2D eigenvalue weighted by molar-refractivity contribution is 5.96. The highest BCUT2D eigenvalue weighted by Gasteiger charge is 2.12. The van der Waals surface area contributed by atoms with Gasteiger partial charge >= 0.3 is 11.9 Å². The highest BCUT2D eigenvalue weighted by Crippen LogP contribution is 2.23. The van der Waals surface area contributed by atoms with E-state index in [0.717, 1.165) is 22.3 Å². The summed E-state index contributed by atoms with van der Waals surface area (Å²) in [6.45, 7) is 4.81. The summed E-state index contributed by atoms with van der Waals surface area (Å²) in [6, 6.07) is 19.6. The molecular weight excluding hydrogens is 394 g/mol. The fraction of sp³-hybridized carbons (Fsp3) is 0.160. The molecule has 0 bridgehead atoms. The molecule has 0 aliphatic heterocycles. The average molecular weight is 417 g/mol. The molecule has 3 aromatic carbocycles. The molecule has 0 saturated heterocycles. The summed E-state index contributed by atoms with van der Waals surface area (Å²) in [4.78, 5) is 35.4. The predicted molar refractivity (Wildman–Crippen MR) is 118 cm³/mol. The first kappa shape index (κ1) is 21.8. The molecule has 1 N–H and O–H groups in total. The Morgan fingerprint density at radius 1 is 0.839 bits per heavy atom. The van der Waals surface area contributed by atoms with E-state index in [0.29, 0.717) is 17.0 Å². The molecule has 6 heteroatoms. The first-order chi connectivity index (χ1) is 14.8. The number of anilines is 1. The van der Waals surface area contributed by atoms with E-state index in [9.17, 15) is 14.4 Å². The van der Waals surface area contributed by atoms with Crippen molar-refractivity contribution in [2.24, 2.45) is 0 Å². The molecular formula is C25H23NO5. The van der Waals surface area contributed by atoms with Crippen LogP contribution in [0.5, 0.6) is 5.75 Å². The van der Waals surface area contributed by atoms with Gasteiger partial charge in [0.2, 0.25) is 0 Å². The van der Waals surface area contributed by atoms with Crippen LogP contribution in [0.15, 0.2) is 66.7 Å². The number of nitrogens with one attached hydrogen (secondary N) is 1. The van der Waals surface area contributed by atoms with Crippen molar-refractivity contribution in [3.8, 4) is 16.9 Å². The number of esters is 2. The number of carbonyl (C=O) groups is 3. The third kappa shape index (κ3) is 6.02. The van der Waals surface area contributed by atoms with Crippen LogP contribution in [-0.2, 0) is 14.3 Å². The van der Waals surface area contributed by atoms with Crippen molar-refractivity contribution < 1.29 is 23.9 Å². The summed E-state index contributed by atoms with van der Waals surface area (Å²) in [5.74, 6) is -0.881. The van der Waals surface area contributed by atoms with Gasteiger partial charge in [-0.05, 0) is 66.4 Å². The van der Waals surface area contributed by atoms with E-state index in [1.54, 1.807) is 36.4 Å². The first-order valence-corrected chi connectivity index (χ1v) is 9.75. The average Bonchev–Trinajstić information content (AvgIpc) is 2.75. The molecule has 0 aromatic heterocycles. The molecule has 0 fully saturated rings. The maximum absolute atomic E-state index is 12.3. The second kappa shape index (κ2) is 9.71. The van der Waals surface area contributed by atoms with Gasteiger partial charge in [0, 0.05) is 12.6 Å². The van der Waals surface area contributed by atoms with E-state index < -0.39 is 11.9 Å². The summed E-state index contributed by atoms with van der Waals surface area (Å²) >= 11 is 0. The van der Waals surface area contributed by atoms with Gasteiger partial charge in [0.1, 0.15) is 5.75 Å². The third-order valence-electron chi connectivity index (χ3n) is 4.57. The van der Waals surface area contributed by atoms with Crippen LogP contribution in [0.2, 0.25) is 0 Å². The van der Waals surface area contributed by atoms with Gasteiger partial charge in [-0.2, -0.15) is 0 Å². The van der Waals surface area contributed by atoms with E-state index in [1.165, 1.54) is 6.92 Å². The zero-order valence-electron chi connectivity index (χ0n) is 17.6. The number of hydrogen-bond donors (Lipinski definition) is 1. The van der Waals surface area contributed by atoms with Gasteiger partial charge in [0.05, 0.1) is 5.56 Å². The van der Waals surface area contributed by atoms with Crippen molar-refractivity contribution in [3.63, 3.8) is 0 Å². The summed E-state index contributed by atoms with van der Waals surface area (Å²) in [5.41, 5.74) is 4.80. The maximum Gasteiger partial charge on any atom is 0.338 e. The Balaban J connectivity index is 1.57. The van der Waals surface area contributed by atoms with E-state index >= 15 is 0 Å². The van der Waals surface area contributed by atoms with Crippen molar-refractivity contribution in [3.05, 3.63) is 83.4 Å². The van der Waals surface area contributed by atoms with Gasteiger partial charge in [0.15, 0.2) is 6.61 Å². The van der Waals surface area contributed by atoms with Crippen LogP contribution in [0.4, 0.5) is 5.69 Å². The Bertz CT molecular complexity index is 1100. The Hall–Kier alpha value is -3.93. The molecule has 0 unspecified atom stereocenters. The van der Waals surface area contributed by atoms with Gasteiger partial charge < -0.3 is 14.8 Å². The predicted octanol–water partition coefficient (Wildman–Crippen LogP) is 4.69. The van der Waals surface area contributed by atoms with Crippen LogP contribution in [-0.4, -0.2) is 24.5 Å². The molecule has 0 aliphatic rings. The van der Waals surface area contributed by atoms with Gasteiger partial charge in [-0.15, -0.1) is 0 Å². The molecule has 0 heterocycles. The van der Waals surface area contributed by atoms with E-state index in [1.807, 2.05) is 44.2 Å². The molecule has 3 rings (SSSR count). The number of benzene rings is 3. The smallest absolute Gasteiger partial charge is 0.338 e. The highest BCUT2D eigenvalue weighted by atomic mass is 16.5. The lowest BCUT2D eigenvalue weighted by atomic mass is 10.0. The third-order valence-corrected chi connectivity index (χ3v) is 4.57. The van der Waals surface area contributed by atoms with Crippen LogP contribution in [0.25, 0.3) is 11.1 Å². The van der Waals surface area contributed by atoms with E-state index in [2.05, 4.69) is 5.32 Å². The van der Waals surface area contributed by atoms with Crippen LogP contribution < -0.4 is 10.1 Å². The molecule has 158 valence electrons. The van der Waals surface area contributed by atoms with Gasteiger partial charge in [-0.1, -0.05) is 36.4 Å². The molecule has 31 heavy (non-hydrogen) atoms. The summed E-state index contributed by atoms with van der Waals surface area (Å²) < 4.78 is 10.1. The zero-order valence-corrected chi connectivity index (χ0v) is 17.6. The lowest BCUT2D eigenvalue weighted by Gasteiger charge is -2.10. The number of ether oxygens (including phenoxy) is 2. The van der Waals surface area contributed by atoms with Crippen LogP contribution in [0.3, 0.4) is 0 Å². The SMILES string of the molecule is CC(=O)Oc1ccc(-c2ccc(C(=O)OCC(=O)Nc3cc(C)ccc3C)cc2)cc1. The minimum atomic E-state index is -0.576. The quantitative estimate of drug-likeness (QED) is 0.465. The second-order valence-corrected chi connectivity index (χ2v) is 7.14. The second-order valence-electron chi connectivity index (χ2n) is 7.14. The minimum Gasteiger partial charge on any atom is -0.452 e. The Morgan fingerprint density at radius 2 is 1.45 bits per heavy atom.